The Morgan fingerprint density at radius 2 is 1.94 bits per heavy atom. The highest BCUT2D eigenvalue weighted by atomic mass is 32.2. The molecule has 0 aliphatic heterocycles. The average molecular weight is 252 g/mol. The quantitative estimate of drug-likeness (QED) is 0.565. The molecule has 2 amide bonds. The van der Waals surface area contributed by atoms with Crippen LogP contribution in [0.15, 0.2) is 35.2 Å². The Labute approximate surface area is 105 Å². The lowest BCUT2D eigenvalue weighted by Gasteiger charge is -2.03. The van der Waals surface area contributed by atoms with E-state index < -0.39 is 5.91 Å². The summed E-state index contributed by atoms with van der Waals surface area (Å²) in [6, 6.07) is 10.0. The summed E-state index contributed by atoms with van der Waals surface area (Å²) >= 11 is 1.72. The molecule has 0 aromatic heterocycles. The van der Waals surface area contributed by atoms with Gasteiger partial charge >= 0.3 is 0 Å². The molecule has 1 aromatic carbocycles. The molecule has 0 radical (unpaired) electrons. The molecule has 0 saturated carbocycles. The van der Waals surface area contributed by atoms with Crippen molar-refractivity contribution in [3.05, 3.63) is 30.3 Å². The number of hydrogen-bond acceptors (Lipinski definition) is 3. The molecule has 92 valence electrons. The molecule has 0 spiro atoms. The minimum absolute atomic E-state index is 0.0787. The molecule has 0 atom stereocenters. The van der Waals surface area contributed by atoms with Crippen molar-refractivity contribution in [1.29, 1.82) is 0 Å². The van der Waals surface area contributed by atoms with Gasteiger partial charge in [-0.25, -0.2) is 0 Å². The lowest BCUT2D eigenvalue weighted by Crippen LogP contribution is -2.33. The second-order valence-electron chi connectivity index (χ2n) is 3.51. The third kappa shape index (κ3) is 6.63. The lowest BCUT2D eigenvalue weighted by atomic mass is 10.3. The van der Waals surface area contributed by atoms with Crippen molar-refractivity contribution in [2.45, 2.75) is 17.7 Å². The molecule has 3 N–H and O–H groups in total. The van der Waals surface area contributed by atoms with E-state index in [4.69, 9.17) is 5.73 Å². The second kappa shape index (κ2) is 7.73. The molecule has 0 heterocycles. The van der Waals surface area contributed by atoms with Gasteiger partial charge in [-0.3, -0.25) is 9.59 Å². The number of hydrogen-bond donors (Lipinski definition) is 2. The number of carbonyl (C=O) groups excluding carboxylic acids is 2. The second-order valence-corrected chi connectivity index (χ2v) is 4.68. The molecule has 0 aliphatic rings. The van der Waals surface area contributed by atoms with Crippen molar-refractivity contribution < 1.29 is 9.59 Å². The van der Waals surface area contributed by atoms with Crippen LogP contribution in [-0.2, 0) is 9.59 Å². The van der Waals surface area contributed by atoms with Gasteiger partial charge in [0.25, 0.3) is 0 Å². The van der Waals surface area contributed by atoms with E-state index >= 15 is 0 Å². The van der Waals surface area contributed by atoms with Gasteiger partial charge in [0.15, 0.2) is 0 Å². The number of nitrogens with two attached hydrogens (primary N) is 1. The molecule has 0 bridgehead atoms. The van der Waals surface area contributed by atoms with Crippen molar-refractivity contribution >= 4 is 23.6 Å². The van der Waals surface area contributed by atoms with E-state index in [9.17, 15) is 9.59 Å². The summed E-state index contributed by atoms with van der Waals surface area (Å²) in [4.78, 5) is 22.9. The van der Waals surface area contributed by atoms with E-state index in [1.165, 1.54) is 4.90 Å². The summed E-state index contributed by atoms with van der Waals surface area (Å²) < 4.78 is 0. The maximum Gasteiger partial charge on any atom is 0.236 e. The van der Waals surface area contributed by atoms with Crippen LogP contribution >= 0.6 is 11.8 Å². The standard InChI is InChI=1S/C12H16N2O2S/c13-11(15)9-14-12(16)7-4-8-17-10-5-2-1-3-6-10/h1-3,5-6H,4,7-9H2,(H2,13,15)(H,14,16). The molecule has 4 nitrogen and oxygen atoms in total. The summed E-state index contributed by atoms with van der Waals surface area (Å²) in [5, 5.41) is 2.46. The maximum absolute atomic E-state index is 11.2. The Morgan fingerprint density at radius 1 is 1.24 bits per heavy atom. The molecule has 0 unspecified atom stereocenters. The van der Waals surface area contributed by atoms with Gasteiger partial charge in [0.1, 0.15) is 0 Å². The Morgan fingerprint density at radius 3 is 2.59 bits per heavy atom. The largest absolute Gasteiger partial charge is 0.368 e. The highest BCUT2D eigenvalue weighted by molar-refractivity contribution is 7.99. The van der Waals surface area contributed by atoms with E-state index in [1.807, 2.05) is 30.3 Å². The van der Waals surface area contributed by atoms with Gasteiger partial charge in [-0.2, -0.15) is 0 Å². The molecular weight excluding hydrogens is 236 g/mol. The molecule has 0 saturated heterocycles. The van der Waals surface area contributed by atoms with Gasteiger partial charge in [0.05, 0.1) is 6.54 Å². The van der Waals surface area contributed by atoms with Crippen LogP contribution in [0.3, 0.4) is 0 Å². The van der Waals surface area contributed by atoms with Crippen LogP contribution in [0.2, 0.25) is 0 Å². The van der Waals surface area contributed by atoms with Crippen molar-refractivity contribution in [2.24, 2.45) is 5.73 Å². The zero-order valence-electron chi connectivity index (χ0n) is 9.52. The van der Waals surface area contributed by atoms with E-state index in [0.29, 0.717) is 6.42 Å². The van der Waals surface area contributed by atoms with Crippen molar-refractivity contribution in [3.63, 3.8) is 0 Å². The third-order valence-corrected chi connectivity index (χ3v) is 3.12. The average Bonchev–Trinajstić information content (AvgIpc) is 2.33. The summed E-state index contributed by atoms with van der Waals surface area (Å²) in [6.07, 6.45) is 1.21. The molecule has 1 aromatic rings. The fourth-order valence-electron chi connectivity index (χ4n) is 1.21. The molecule has 17 heavy (non-hydrogen) atoms. The van der Waals surface area contributed by atoms with Crippen LogP contribution in [0, 0.1) is 0 Å². The number of rotatable bonds is 7. The van der Waals surface area contributed by atoms with Crippen LogP contribution in [0.25, 0.3) is 0 Å². The molecule has 1 rings (SSSR count). The van der Waals surface area contributed by atoms with Crippen molar-refractivity contribution in [1.82, 2.24) is 5.32 Å². The first-order chi connectivity index (χ1) is 8.18. The van der Waals surface area contributed by atoms with Crippen molar-refractivity contribution in [3.8, 4) is 0 Å². The SMILES string of the molecule is NC(=O)CNC(=O)CCCSc1ccccc1. The van der Waals surface area contributed by atoms with Crippen LogP contribution in [0.4, 0.5) is 0 Å². The van der Waals surface area contributed by atoms with Gasteiger partial charge < -0.3 is 11.1 Å². The Bertz CT molecular complexity index is 368. The fourth-order valence-corrected chi connectivity index (χ4v) is 2.09. The zero-order chi connectivity index (χ0) is 12.5. The number of carbonyl (C=O) groups is 2. The Kier molecular flexibility index (Phi) is 6.17. The van der Waals surface area contributed by atoms with E-state index in [2.05, 4.69) is 5.32 Å². The predicted octanol–water partition coefficient (Wildman–Crippen LogP) is 1.16. The van der Waals surface area contributed by atoms with E-state index in [1.54, 1.807) is 11.8 Å². The highest BCUT2D eigenvalue weighted by Crippen LogP contribution is 2.18. The van der Waals surface area contributed by atoms with Gasteiger partial charge in [0.2, 0.25) is 11.8 Å². The van der Waals surface area contributed by atoms with Gasteiger partial charge in [0, 0.05) is 11.3 Å². The first-order valence-corrected chi connectivity index (χ1v) is 6.40. The van der Waals surface area contributed by atoms with Gasteiger partial charge in [-0.15, -0.1) is 11.8 Å². The van der Waals surface area contributed by atoms with Crippen LogP contribution < -0.4 is 11.1 Å². The minimum Gasteiger partial charge on any atom is -0.368 e. The van der Waals surface area contributed by atoms with Gasteiger partial charge in [-0.1, -0.05) is 18.2 Å². The van der Waals surface area contributed by atoms with Crippen LogP contribution in [-0.4, -0.2) is 24.1 Å². The zero-order valence-corrected chi connectivity index (χ0v) is 10.3. The number of primary amides is 1. The van der Waals surface area contributed by atoms with Gasteiger partial charge in [-0.05, 0) is 24.3 Å². The Hall–Kier alpha value is -1.49. The van der Waals surface area contributed by atoms with Crippen LogP contribution in [0.5, 0.6) is 0 Å². The third-order valence-electron chi connectivity index (χ3n) is 2.02. The number of benzene rings is 1. The molecule has 0 aliphatic carbocycles. The normalized spacial score (nSPS) is 9.88. The summed E-state index contributed by atoms with van der Waals surface area (Å²) in [7, 11) is 0. The van der Waals surface area contributed by atoms with Crippen LogP contribution in [0.1, 0.15) is 12.8 Å². The summed E-state index contributed by atoms with van der Waals surface area (Å²) in [5.41, 5.74) is 4.91. The monoisotopic (exact) mass is 252 g/mol. The molecular formula is C12H16N2O2S. The van der Waals surface area contributed by atoms with Crippen molar-refractivity contribution in [2.75, 3.05) is 12.3 Å². The maximum atomic E-state index is 11.2. The summed E-state index contributed by atoms with van der Waals surface area (Å²) in [6.45, 7) is -0.0787. The first kappa shape index (κ1) is 13.6. The first-order valence-electron chi connectivity index (χ1n) is 5.41. The highest BCUT2D eigenvalue weighted by Gasteiger charge is 2.02. The number of nitrogens with one attached hydrogen (secondary N) is 1. The number of amides is 2. The van der Waals surface area contributed by atoms with E-state index in [-0.39, 0.29) is 12.5 Å². The van der Waals surface area contributed by atoms with E-state index in [0.717, 1.165) is 12.2 Å². The smallest absolute Gasteiger partial charge is 0.236 e. The molecule has 5 heteroatoms. The lowest BCUT2D eigenvalue weighted by molar-refractivity contribution is -0.124. The molecule has 0 fully saturated rings. The minimum atomic E-state index is -0.517. The topological polar surface area (TPSA) is 72.2 Å². The summed E-state index contributed by atoms with van der Waals surface area (Å²) in [5.74, 6) is 0.239. The Balaban J connectivity index is 2.08. The fraction of sp³-hybridized carbons (Fsp3) is 0.333. The predicted molar refractivity (Wildman–Crippen MR) is 68.6 cm³/mol. The number of thioether (sulfide) groups is 1.